The molecule has 1 saturated carbocycles. The standard InChI is InChI=1S/C14H23N5/c15-9-4-1-5-11-19-14(12-6-2-3-7-12)13(8-10-16)17-18-19/h12H,1-8,10-11,16H2. The summed E-state index contributed by atoms with van der Waals surface area (Å²) in [6.07, 6.45) is 8.52. The summed E-state index contributed by atoms with van der Waals surface area (Å²) >= 11 is 0. The second-order valence-corrected chi connectivity index (χ2v) is 5.28. The Morgan fingerprint density at radius 2 is 2.11 bits per heavy atom. The van der Waals surface area contributed by atoms with E-state index in [0.29, 0.717) is 18.9 Å². The van der Waals surface area contributed by atoms with Crippen LogP contribution in [0.25, 0.3) is 0 Å². The number of aromatic nitrogens is 3. The maximum atomic E-state index is 8.57. The molecule has 0 spiro atoms. The van der Waals surface area contributed by atoms with Crippen LogP contribution in [0.15, 0.2) is 0 Å². The Balaban J connectivity index is 2.06. The van der Waals surface area contributed by atoms with Gasteiger partial charge in [-0.3, -0.25) is 0 Å². The van der Waals surface area contributed by atoms with Crippen LogP contribution in [0.4, 0.5) is 0 Å². The first-order valence-corrected chi connectivity index (χ1v) is 7.36. The minimum Gasteiger partial charge on any atom is -0.330 e. The molecule has 0 atom stereocenters. The number of hydrogen-bond donors (Lipinski definition) is 1. The molecule has 19 heavy (non-hydrogen) atoms. The highest BCUT2D eigenvalue weighted by Gasteiger charge is 2.24. The predicted octanol–water partition coefficient (Wildman–Crippen LogP) is 2.13. The van der Waals surface area contributed by atoms with Gasteiger partial charge in [0, 0.05) is 25.3 Å². The molecule has 0 amide bonds. The lowest BCUT2D eigenvalue weighted by atomic mass is 10.0. The molecule has 0 unspecified atom stereocenters. The van der Waals surface area contributed by atoms with Crippen LogP contribution in [-0.4, -0.2) is 21.5 Å². The molecule has 1 fully saturated rings. The van der Waals surface area contributed by atoms with Gasteiger partial charge in [0.25, 0.3) is 0 Å². The van der Waals surface area contributed by atoms with Gasteiger partial charge in [-0.25, -0.2) is 4.68 Å². The molecule has 2 rings (SSSR count). The molecule has 5 nitrogen and oxygen atoms in total. The minimum absolute atomic E-state index is 0.618. The molecular weight excluding hydrogens is 238 g/mol. The highest BCUT2D eigenvalue weighted by molar-refractivity contribution is 5.17. The van der Waals surface area contributed by atoms with Crippen LogP contribution >= 0.6 is 0 Å². The molecule has 0 bridgehead atoms. The normalized spacial score (nSPS) is 15.8. The van der Waals surface area contributed by atoms with Crippen molar-refractivity contribution in [2.24, 2.45) is 5.73 Å². The highest BCUT2D eigenvalue weighted by Crippen LogP contribution is 2.35. The molecule has 104 valence electrons. The van der Waals surface area contributed by atoms with E-state index in [1.54, 1.807) is 0 Å². The van der Waals surface area contributed by atoms with Crippen LogP contribution in [0.1, 0.15) is 62.3 Å². The van der Waals surface area contributed by atoms with Crippen LogP contribution in [0.5, 0.6) is 0 Å². The van der Waals surface area contributed by atoms with Crippen molar-refractivity contribution in [1.29, 1.82) is 5.26 Å². The van der Waals surface area contributed by atoms with Crippen LogP contribution in [-0.2, 0) is 13.0 Å². The summed E-state index contributed by atoms with van der Waals surface area (Å²) in [6, 6.07) is 2.19. The summed E-state index contributed by atoms with van der Waals surface area (Å²) in [5.41, 5.74) is 8.08. The van der Waals surface area contributed by atoms with E-state index in [4.69, 9.17) is 11.0 Å². The molecule has 1 aliphatic carbocycles. The molecule has 0 radical (unpaired) electrons. The van der Waals surface area contributed by atoms with Gasteiger partial charge in [-0.1, -0.05) is 18.1 Å². The lowest BCUT2D eigenvalue weighted by Gasteiger charge is -2.13. The molecule has 1 heterocycles. The molecule has 1 aromatic heterocycles. The van der Waals surface area contributed by atoms with Gasteiger partial charge in [-0.2, -0.15) is 5.26 Å². The Morgan fingerprint density at radius 3 is 2.79 bits per heavy atom. The average molecular weight is 261 g/mol. The predicted molar refractivity (Wildman–Crippen MR) is 73.5 cm³/mol. The number of aryl methyl sites for hydroxylation is 1. The molecular formula is C14H23N5. The number of nitrogens with two attached hydrogens (primary N) is 1. The molecule has 0 saturated heterocycles. The van der Waals surface area contributed by atoms with Gasteiger partial charge in [-0.15, -0.1) is 5.10 Å². The van der Waals surface area contributed by atoms with Crippen molar-refractivity contribution >= 4 is 0 Å². The Bertz CT molecular complexity index is 426. The Kier molecular flexibility index (Phi) is 5.34. The molecule has 2 N–H and O–H groups in total. The third kappa shape index (κ3) is 3.54. The van der Waals surface area contributed by atoms with E-state index in [-0.39, 0.29) is 0 Å². The number of hydrogen-bond acceptors (Lipinski definition) is 4. The number of unbranched alkanes of at least 4 members (excludes halogenated alkanes) is 2. The van der Waals surface area contributed by atoms with Crippen molar-refractivity contribution < 1.29 is 0 Å². The van der Waals surface area contributed by atoms with Gasteiger partial charge in [0.2, 0.25) is 0 Å². The van der Waals surface area contributed by atoms with Crippen molar-refractivity contribution in [3.8, 4) is 6.07 Å². The topological polar surface area (TPSA) is 80.5 Å². The summed E-state index contributed by atoms with van der Waals surface area (Å²) in [4.78, 5) is 0. The fraction of sp³-hybridized carbons (Fsp3) is 0.786. The maximum Gasteiger partial charge on any atom is 0.0874 e. The Hall–Kier alpha value is -1.41. The van der Waals surface area contributed by atoms with Gasteiger partial charge in [0.1, 0.15) is 0 Å². The third-order valence-electron chi connectivity index (χ3n) is 3.88. The Morgan fingerprint density at radius 1 is 1.32 bits per heavy atom. The highest BCUT2D eigenvalue weighted by atomic mass is 15.4. The van der Waals surface area contributed by atoms with Crippen molar-refractivity contribution in [3.05, 3.63) is 11.4 Å². The quantitative estimate of drug-likeness (QED) is 0.762. The zero-order chi connectivity index (χ0) is 13.5. The smallest absolute Gasteiger partial charge is 0.0874 e. The maximum absolute atomic E-state index is 8.57. The SMILES string of the molecule is N#CCCCCn1nnc(CCN)c1C1CCCC1. The zero-order valence-corrected chi connectivity index (χ0v) is 11.5. The van der Waals surface area contributed by atoms with E-state index >= 15 is 0 Å². The second-order valence-electron chi connectivity index (χ2n) is 5.28. The van der Waals surface area contributed by atoms with E-state index in [1.807, 2.05) is 0 Å². The van der Waals surface area contributed by atoms with Crippen LogP contribution < -0.4 is 5.73 Å². The van der Waals surface area contributed by atoms with Crippen LogP contribution in [0, 0.1) is 11.3 Å². The zero-order valence-electron chi connectivity index (χ0n) is 11.5. The fourth-order valence-electron chi connectivity index (χ4n) is 2.95. The lowest BCUT2D eigenvalue weighted by molar-refractivity contribution is 0.503. The van der Waals surface area contributed by atoms with Gasteiger partial charge in [0.15, 0.2) is 0 Å². The summed E-state index contributed by atoms with van der Waals surface area (Å²) in [5, 5.41) is 17.2. The van der Waals surface area contributed by atoms with Crippen molar-refractivity contribution in [3.63, 3.8) is 0 Å². The fourth-order valence-corrected chi connectivity index (χ4v) is 2.95. The largest absolute Gasteiger partial charge is 0.330 e. The summed E-state index contributed by atoms with van der Waals surface area (Å²) in [7, 11) is 0. The first kappa shape index (κ1) is 14.0. The van der Waals surface area contributed by atoms with E-state index in [0.717, 1.165) is 31.5 Å². The van der Waals surface area contributed by atoms with Gasteiger partial charge >= 0.3 is 0 Å². The van der Waals surface area contributed by atoms with Crippen LogP contribution in [0.2, 0.25) is 0 Å². The second kappa shape index (κ2) is 7.25. The first-order chi connectivity index (χ1) is 9.36. The van der Waals surface area contributed by atoms with E-state index < -0.39 is 0 Å². The monoisotopic (exact) mass is 261 g/mol. The molecule has 0 aliphatic heterocycles. The van der Waals surface area contributed by atoms with E-state index in [2.05, 4.69) is 21.1 Å². The van der Waals surface area contributed by atoms with Crippen LogP contribution in [0.3, 0.4) is 0 Å². The first-order valence-electron chi connectivity index (χ1n) is 7.36. The van der Waals surface area contributed by atoms with Crippen molar-refractivity contribution in [2.75, 3.05) is 6.54 Å². The number of nitrogens with zero attached hydrogens (tertiary/aromatic N) is 4. The number of nitriles is 1. The van der Waals surface area contributed by atoms with Gasteiger partial charge < -0.3 is 5.73 Å². The molecule has 1 aromatic rings. The molecule has 5 heteroatoms. The van der Waals surface area contributed by atoms with Crippen molar-refractivity contribution in [2.45, 2.75) is 63.8 Å². The van der Waals surface area contributed by atoms with Crippen molar-refractivity contribution in [1.82, 2.24) is 15.0 Å². The van der Waals surface area contributed by atoms with E-state index in [9.17, 15) is 0 Å². The Labute approximate surface area is 114 Å². The minimum atomic E-state index is 0.618. The third-order valence-corrected chi connectivity index (χ3v) is 3.88. The summed E-state index contributed by atoms with van der Waals surface area (Å²) in [5.74, 6) is 0.618. The average Bonchev–Trinajstić information content (AvgIpc) is 3.04. The van der Waals surface area contributed by atoms with Gasteiger partial charge in [-0.05, 0) is 32.2 Å². The van der Waals surface area contributed by atoms with E-state index in [1.165, 1.54) is 31.4 Å². The lowest BCUT2D eigenvalue weighted by Crippen LogP contribution is -2.11. The van der Waals surface area contributed by atoms with Gasteiger partial charge in [0.05, 0.1) is 17.5 Å². The number of rotatable bonds is 7. The summed E-state index contributed by atoms with van der Waals surface area (Å²) < 4.78 is 2.07. The summed E-state index contributed by atoms with van der Waals surface area (Å²) in [6.45, 7) is 1.51. The molecule has 0 aromatic carbocycles. The molecule has 1 aliphatic rings.